The summed E-state index contributed by atoms with van der Waals surface area (Å²) in [5.74, 6) is 6.39. The topological polar surface area (TPSA) is 40.5 Å². The van der Waals surface area contributed by atoms with Crippen molar-refractivity contribution in [3.8, 4) is 11.8 Å². The van der Waals surface area contributed by atoms with E-state index in [1.54, 1.807) is 0 Å². The van der Waals surface area contributed by atoms with Crippen LogP contribution < -0.4 is 0 Å². The molecule has 0 spiro atoms. The second-order valence-electron chi connectivity index (χ2n) is 5.66. The summed E-state index contributed by atoms with van der Waals surface area (Å²) < 4.78 is 0. The van der Waals surface area contributed by atoms with Crippen LogP contribution in [-0.2, 0) is 0 Å². The third-order valence-corrected chi connectivity index (χ3v) is 5.24. The highest BCUT2D eigenvalue weighted by atomic mass is 32.1. The van der Waals surface area contributed by atoms with E-state index in [9.17, 15) is 4.79 Å². The van der Waals surface area contributed by atoms with Gasteiger partial charge in [-0.05, 0) is 37.7 Å². The Balaban J connectivity index is 1.97. The van der Waals surface area contributed by atoms with Crippen molar-refractivity contribution in [2.75, 3.05) is 13.7 Å². The van der Waals surface area contributed by atoms with E-state index in [1.165, 1.54) is 30.6 Å². The molecule has 114 valence electrons. The number of hydrogen-bond acceptors (Lipinski definition) is 3. The van der Waals surface area contributed by atoms with Gasteiger partial charge in [-0.15, -0.1) is 11.3 Å². The van der Waals surface area contributed by atoms with E-state index in [2.05, 4.69) is 18.8 Å². The number of nitrogens with zero attached hydrogens (tertiary/aromatic N) is 1. The highest BCUT2D eigenvalue weighted by molar-refractivity contribution is 7.10. The van der Waals surface area contributed by atoms with Gasteiger partial charge < -0.3 is 10.0 Å². The maximum absolute atomic E-state index is 12.5. The van der Waals surface area contributed by atoms with Crippen LogP contribution >= 0.6 is 11.3 Å². The van der Waals surface area contributed by atoms with Crippen molar-refractivity contribution in [2.45, 2.75) is 45.1 Å². The second-order valence-corrected chi connectivity index (χ2v) is 6.57. The molecule has 0 aromatic carbocycles. The molecule has 0 unspecified atom stereocenters. The molecule has 0 saturated heterocycles. The highest BCUT2D eigenvalue weighted by Crippen LogP contribution is 2.29. The van der Waals surface area contributed by atoms with Crippen molar-refractivity contribution in [3.05, 3.63) is 21.9 Å². The summed E-state index contributed by atoms with van der Waals surface area (Å²) in [6.45, 7) is 2.10. The van der Waals surface area contributed by atoms with Gasteiger partial charge in [0.25, 0.3) is 5.91 Å². The molecule has 0 radical (unpaired) electrons. The summed E-state index contributed by atoms with van der Waals surface area (Å²) >= 11 is 1.45. The van der Waals surface area contributed by atoms with E-state index in [1.807, 2.05) is 23.4 Å². The highest BCUT2D eigenvalue weighted by Gasteiger charge is 2.26. The molecule has 1 aliphatic carbocycles. The van der Waals surface area contributed by atoms with Gasteiger partial charge in [-0.1, -0.05) is 25.2 Å². The summed E-state index contributed by atoms with van der Waals surface area (Å²) in [6, 6.07) is 2.19. The van der Waals surface area contributed by atoms with Gasteiger partial charge in [-0.2, -0.15) is 0 Å². The summed E-state index contributed by atoms with van der Waals surface area (Å²) in [6.07, 6.45) is 5.94. The minimum atomic E-state index is -0.151. The summed E-state index contributed by atoms with van der Waals surface area (Å²) in [5, 5.41) is 10.6. The molecule has 1 amide bonds. The van der Waals surface area contributed by atoms with Gasteiger partial charge in [0.05, 0.1) is 10.4 Å². The Labute approximate surface area is 131 Å². The normalized spacial score (nSPS) is 21.5. The number of aliphatic hydroxyl groups is 1. The summed E-state index contributed by atoms with van der Waals surface area (Å²) in [5.41, 5.74) is 0.711. The van der Waals surface area contributed by atoms with Crippen LogP contribution in [0.1, 0.15) is 54.3 Å². The molecule has 1 aliphatic rings. The Morgan fingerprint density at radius 2 is 2.14 bits per heavy atom. The second kappa shape index (κ2) is 7.63. The quantitative estimate of drug-likeness (QED) is 0.872. The van der Waals surface area contributed by atoms with Crippen LogP contribution in [0.4, 0.5) is 0 Å². The number of carbonyl (C=O) groups is 1. The molecule has 0 atom stereocenters. The number of rotatable bonds is 3. The predicted octanol–water partition coefficient (Wildman–Crippen LogP) is 3.13. The van der Waals surface area contributed by atoms with Crippen LogP contribution in [0.5, 0.6) is 0 Å². The Morgan fingerprint density at radius 1 is 1.43 bits per heavy atom. The number of carbonyl (C=O) groups excluding carboxylic acids is 1. The lowest BCUT2D eigenvalue weighted by molar-refractivity contribution is 0.0675. The van der Waals surface area contributed by atoms with Crippen LogP contribution in [0.2, 0.25) is 0 Å². The average molecular weight is 305 g/mol. The summed E-state index contributed by atoms with van der Waals surface area (Å²) in [7, 11) is 1.91. The lowest BCUT2D eigenvalue weighted by atomic mass is 9.84. The number of aliphatic hydroxyl groups excluding tert-OH is 1. The van der Waals surface area contributed by atoms with E-state index in [0.29, 0.717) is 11.6 Å². The molecule has 2 rings (SSSR count). The first kappa shape index (κ1) is 16.1. The third kappa shape index (κ3) is 4.09. The van der Waals surface area contributed by atoms with Crippen LogP contribution in [0, 0.1) is 17.8 Å². The molecule has 0 bridgehead atoms. The zero-order valence-corrected chi connectivity index (χ0v) is 13.6. The maximum atomic E-state index is 12.5. The lowest BCUT2D eigenvalue weighted by Crippen LogP contribution is -2.39. The Kier molecular flexibility index (Phi) is 5.84. The zero-order chi connectivity index (χ0) is 15.2. The average Bonchev–Trinajstić information content (AvgIpc) is 3.00. The van der Waals surface area contributed by atoms with Gasteiger partial charge >= 0.3 is 0 Å². The first-order chi connectivity index (χ1) is 10.2. The van der Waals surface area contributed by atoms with Gasteiger partial charge in [-0.3, -0.25) is 4.79 Å². The van der Waals surface area contributed by atoms with Crippen molar-refractivity contribution in [1.82, 2.24) is 4.90 Å². The fourth-order valence-electron chi connectivity index (χ4n) is 2.95. The number of amides is 1. The predicted molar refractivity (Wildman–Crippen MR) is 86.4 cm³/mol. The van der Waals surface area contributed by atoms with Crippen molar-refractivity contribution < 1.29 is 9.90 Å². The molecule has 1 N–H and O–H groups in total. The third-order valence-electron chi connectivity index (χ3n) is 4.40. The van der Waals surface area contributed by atoms with Crippen LogP contribution in [0.3, 0.4) is 0 Å². The fraction of sp³-hybridized carbons (Fsp3) is 0.588. The molecule has 1 heterocycles. The maximum Gasteiger partial charge on any atom is 0.254 e. The van der Waals surface area contributed by atoms with Crippen molar-refractivity contribution >= 4 is 17.2 Å². The molecule has 3 nitrogen and oxygen atoms in total. The molecule has 1 saturated carbocycles. The molecular weight excluding hydrogens is 282 g/mol. The van der Waals surface area contributed by atoms with E-state index >= 15 is 0 Å². The Morgan fingerprint density at radius 3 is 2.76 bits per heavy atom. The van der Waals surface area contributed by atoms with Crippen LogP contribution in [-0.4, -0.2) is 35.6 Å². The van der Waals surface area contributed by atoms with Crippen molar-refractivity contribution in [2.24, 2.45) is 5.92 Å². The largest absolute Gasteiger partial charge is 0.384 e. The molecule has 21 heavy (non-hydrogen) atoms. The first-order valence-corrected chi connectivity index (χ1v) is 8.49. The van der Waals surface area contributed by atoms with Crippen molar-refractivity contribution in [1.29, 1.82) is 0 Å². The van der Waals surface area contributed by atoms with E-state index in [-0.39, 0.29) is 12.5 Å². The summed E-state index contributed by atoms with van der Waals surface area (Å²) in [4.78, 5) is 15.2. The minimum Gasteiger partial charge on any atom is -0.384 e. The molecule has 1 aromatic heterocycles. The van der Waals surface area contributed by atoms with E-state index in [4.69, 9.17) is 5.11 Å². The minimum absolute atomic E-state index is 0.0863. The fourth-order valence-corrected chi connectivity index (χ4v) is 3.70. The van der Waals surface area contributed by atoms with E-state index < -0.39 is 0 Å². The van der Waals surface area contributed by atoms with Gasteiger partial charge in [0.2, 0.25) is 0 Å². The molecular formula is C17H23NO2S. The van der Waals surface area contributed by atoms with Gasteiger partial charge in [0.15, 0.2) is 0 Å². The molecule has 1 fully saturated rings. The lowest BCUT2D eigenvalue weighted by Gasteiger charge is -2.34. The van der Waals surface area contributed by atoms with Crippen molar-refractivity contribution in [3.63, 3.8) is 0 Å². The number of thiophene rings is 1. The van der Waals surface area contributed by atoms with E-state index in [0.717, 1.165) is 23.6 Å². The van der Waals surface area contributed by atoms with Crippen LogP contribution in [0.15, 0.2) is 11.4 Å². The molecule has 1 aromatic rings. The van der Waals surface area contributed by atoms with Gasteiger partial charge in [-0.25, -0.2) is 0 Å². The Bertz CT molecular complexity index is 532. The van der Waals surface area contributed by atoms with Gasteiger partial charge in [0, 0.05) is 18.5 Å². The monoisotopic (exact) mass is 305 g/mol. The standard InChI is InChI=1S/C17H23NO2S/c1-3-13-6-8-15(9-7-13)18(2)17(20)14-11-16(21-12-14)5-4-10-19/h11-13,15,19H,3,6-10H2,1-2H3. The molecule has 0 aliphatic heterocycles. The first-order valence-electron chi connectivity index (χ1n) is 7.61. The molecule has 4 heteroatoms. The SMILES string of the molecule is CCC1CCC(N(C)C(=O)c2csc(C#CCO)c2)CC1. The Hall–Kier alpha value is -1.31. The van der Waals surface area contributed by atoms with Gasteiger partial charge in [0.1, 0.15) is 6.61 Å². The smallest absolute Gasteiger partial charge is 0.254 e. The zero-order valence-electron chi connectivity index (χ0n) is 12.8. The number of hydrogen-bond donors (Lipinski definition) is 1. The van der Waals surface area contributed by atoms with Crippen LogP contribution in [0.25, 0.3) is 0 Å².